The van der Waals surface area contributed by atoms with Crippen LogP contribution in [0.25, 0.3) is 10.2 Å². The Kier molecular flexibility index (Phi) is 5.79. The lowest BCUT2D eigenvalue weighted by Crippen LogP contribution is -2.29. The van der Waals surface area contributed by atoms with Crippen LogP contribution in [-0.4, -0.2) is 42.0 Å². The predicted octanol–water partition coefficient (Wildman–Crippen LogP) is 2.93. The lowest BCUT2D eigenvalue weighted by Gasteiger charge is -2.14. The van der Waals surface area contributed by atoms with Gasteiger partial charge < -0.3 is 15.0 Å². The van der Waals surface area contributed by atoms with Crippen molar-refractivity contribution in [1.29, 1.82) is 0 Å². The van der Waals surface area contributed by atoms with Gasteiger partial charge in [0.15, 0.2) is 10.3 Å². The molecule has 9 heteroatoms. The van der Waals surface area contributed by atoms with Crippen LogP contribution in [0.5, 0.6) is 0 Å². The molecule has 0 aliphatic carbocycles. The molecule has 0 spiro atoms. The maximum absolute atomic E-state index is 12.2. The number of hydrogen-bond acceptors (Lipinski definition) is 8. The van der Waals surface area contributed by atoms with E-state index in [2.05, 4.69) is 15.3 Å². The Morgan fingerprint density at radius 2 is 2.08 bits per heavy atom. The van der Waals surface area contributed by atoms with Gasteiger partial charge in [-0.3, -0.25) is 9.59 Å². The molecule has 3 rings (SSSR count). The van der Waals surface area contributed by atoms with Gasteiger partial charge in [-0.05, 0) is 19.1 Å². The van der Waals surface area contributed by atoms with Crippen molar-refractivity contribution in [2.24, 2.45) is 0 Å². The predicted molar refractivity (Wildman–Crippen MR) is 104 cm³/mol. The molecule has 0 aliphatic heterocycles. The fraction of sp³-hybridized carbons (Fsp3) is 0.294. The van der Waals surface area contributed by atoms with E-state index < -0.39 is 0 Å². The van der Waals surface area contributed by atoms with Crippen molar-refractivity contribution in [3.05, 3.63) is 35.3 Å². The fourth-order valence-corrected chi connectivity index (χ4v) is 3.92. The van der Waals surface area contributed by atoms with Gasteiger partial charge in [-0.25, -0.2) is 9.97 Å². The number of fused-ring (bicyclic) bond motifs is 1. The molecule has 0 saturated carbocycles. The van der Waals surface area contributed by atoms with Gasteiger partial charge in [0.05, 0.1) is 35.5 Å². The lowest BCUT2D eigenvalue weighted by molar-refractivity contribution is -0.142. The van der Waals surface area contributed by atoms with Crippen LogP contribution < -0.4 is 10.2 Å². The number of anilines is 2. The van der Waals surface area contributed by atoms with Crippen molar-refractivity contribution in [3.8, 4) is 0 Å². The first-order valence-electron chi connectivity index (χ1n) is 8.01. The normalized spacial score (nSPS) is 10.7. The van der Waals surface area contributed by atoms with Crippen LogP contribution in [0.15, 0.2) is 29.6 Å². The summed E-state index contributed by atoms with van der Waals surface area (Å²) < 4.78 is 5.97. The summed E-state index contributed by atoms with van der Waals surface area (Å²) in [7, 11) is 1.82. The summed E-state index contributed by atoms with van der Waals surface area (Å²) >= 11 is 2.82. The number of para-hydroxylation sites is 1. The molecular weight excluding hydrogens is 372 g/mol. The maximum atomic E-state index is 12.2. The van der Waals surface area contributed by atoms with Crippen LogP contribution in [0, 0.1) is 0 Å². The van der Waals surface area contributed by atoms with Crippen LogP contribution in [0.4, 0.5) is 10.3 Å². The molecule has 1 N–H and O–H groups in total. The standard InChI is InChI=1S/C17H18N4O3S2/c1-3-24-15(23)8-11-10-25-16(18-11)20-14(22)9-21(2)17-19-12-6-4-5-7-13(12)26-17/h4-7,10H,3,8-9H2,1-2H3,(H,18,20,22). The van der Waals surface area contributed by atoms with E-state index >= 15 is 0 Å². The van der Waals surface area contributed by atoms with Gasteiger partial charge >= 0.3 is 5.97 Å². The molecule has 2 aromatic heterocycles. The van der Waals surface area contributed by atoms with Gasteiger partial charge in [0.2, 0.25) is 5.91 Å². The summed E-state index contributed by atoms with van der Waals surface area (Å²) in [5, 5.41) is 5.74. The quantitative estimate of drug-likeness (QED) is 0.625. The highest BCUT2D eigenvalue weighted by atomic mass is 32.1. The Labute approximate surface area is 158 Å². The average molecular weight is 390 g/mol. The number of carbonyl (C=O) groups excluding carboxylic acids is 2. The van der Waals surface area contributed by atoms with Crippen LogP contribution in [0.3, 0.4) is 0 Å². The molecule has 2 heterocycles. The second-order valence-corrected chi connectivity index (χ2v) is 7.36. The van der Waals surface area contributed by atoms with Crippen molar-refractivity contribution in [1.82, 2.24) is 9.97 Å². The zero-order valence-corrected chi connectivity index (χ0v) is 16.0. The van der Waals surface area contributed by atoms with Crippen molar-refractivity contribution in [2.75, 3.05) is 30.4 Å². The van der Waals surface area contributed by atoms with Gasteiger partial charge in [0, 0.05) is 12.4 Å². The van der Waals surface area contributed by atoms with Crippen molar-refractivity contribution >= 4 is 55.0 Å². The molecule has 0 radical (unpaired) electrons. The van der Waals surface area contributed by atoms with E-state index in [1.807, 2.05) is 31.3 Å². The molecule has 0 saturated heterocycles. The first kappa shape index (κ1) is 18.3. The van der Waals surface area contributed by atoms with Crippen molar-refractivity contribution in [2.45, 2.75) is 13.3 Å². The number of nitrogens with zero attached hydrogens (tertiary/aromatic N) is 3. The number of amides is 1. The Bertz CT molecular complexity index is 889. The molecule has 3 aromatic rings. The van der Waals surface area contributed by atoms with E-state index in [1.165, 1.54) is 22.7 Å². The molecule has 1 aromatic carbocycles. The largest absolute Gasteiger partial charge is 0.466 e. The summed E-state index contributed by atoms with van der Waals surface area (Å²) in [6.45, 7) is 2.25. The number of aromatic nitrogens is 2. The minimum absolute atomic E-state index is 0.103. The third-order valence-electron chi connectivity index (χ3n) is 3.42. The van der Waals surface area contributed by atoms with Crippen LogP contribution in [0.2, 0.25) is 0 Å². The second-order valence-electron chi connectivity index (χ2n) is 5.49. The Balaban J connectivity index is 1.56. The van der Waals surface area contributed by atoms with Crippen LogP contribution in [0.1, 0.15) is 12.6 Å². The van der Waals surface area contributed by atoms with E-state index in [1.54, 1.807) is 17.2 Å². The van der Waals surface area contributed by atoms with Crippen molar-refractivity contribution in [3.63, 3.8) is 0 Å². The Hall–Kier alpha value is -2.52. The molecule has 1 amide bonds. The van der Waals surface area contributed by atoms with Gasteiger partial charge in [0.25, 0.3) is 0 Å². The van der Waals surface area contributed by atoms with E-state index in [-0.39, 0.29) is 24.8 Å². The number of rotatable bonds is 7. The highest BCUT2D eigenvalue weighted by Gasteiger charge is 2.14. The number of nitrogens with one attached hydrogen (secondary N) is 1. The van der Waals surface area contributed by atoms with Gasteiger partial charge in [-0.2, -0.15) is 0 Å². The number of ether oxygens (including phenoxy) is 1. The van der Waals surface area contributed by atoms with E-state index in [0.29, 0.717) is 17.4 Å². The van der Waals surface area contributed by atoms with Gasteiger partial charge in [-0.1, -0.05) is 23.5 Å². The molecule has 26 heavy (non-hydrogen) atoms. The summed E-state index contributed by atoms with van der Waals surface area (Å²) in [4.78, 5) is 34.3. The SMILES string of the molecule is CCOC(=O)Cc1csc(NC(=O)CN(C)c2nc3ccccc3s2)n1. The molecule has 0 aliphatic rings. The molecule has 7 nitrogen and oxygen atoms in total. The molecule has 0 fully saturated rings. The molecule has 0 atom stereocenters. The lowest BCUT2D eigenvalue weighted by atomic mass is 10.3. The molecule has 0 bridgehead atoms. The second kappa shape index (κ2) is 8.24. The third kappa shape index (κ3) is 4.55. The number of hydrogen-bond donors (Lipinski definition) is 1. The minimum Gasteiger partial charge on any atom is -0.466 e. The first-order valence-corrected chi connectivity index (χ1v) is 9.71. The molecule has 136 valence electrons. The Morgan fingerprint density at radius 3 is 2.85 bits per heavy atom. The highest BCUT2D eigenvalue weighted by molar-refractivity contribution is 7.22. The summed E-state index contributed by atoms with van der Waals surface area (Å²) in [5.74, 6) is -0.518. The van der Waals surface area contributed by atoms with Crippen molar-refractivity contribution < 1.29 is 14.3 Å². The summed E-state index contributed by atoms with van der Waals surface area (Å²) in [5.41, 5.74) is 1.51. The number of esters is 1. The van der Waals surface area contributed by atoms with Crippen LogP contribution >= 0.6 is 22.7 Å². The molecule has 0 unspecified atom stereocenters. The van der Waals surface area contributed by atoms with Crippen LogP contribution in [-0.2, 0) is 20.7 Å². The zero-order chi connectivity index (χ0) is 18.5. The van der Waals surface area contributed by atoms with Gasteiger partial charge in [-0.15, -0.1) is 11.3 Å². The smallest absolute Gasteiger partial charge is 0.311 e. The summed E-state index contributed by atoms with van der Waals surface area (Å²) in [6.07, 6.45) is 0.103. The van der Waals surface area contributed by atoms with E-state index in [9.17, 15) is 9.59 Å². The monoisotopic (exact) mass is 390 g/mol. The first-order chi connectivity index (χ1) is 12.5. The number of likely N-dealkylation sites (N-methyl/N-ethyl adjacent to an activating group) is 1. The third-order valence-corrected chi connectivity index (χ3v) is 5.38. The highest BCUT2D eigenvalue weighted by Crippen LogP contribution is 2.27. The molecular formula is C17H18N4O3S2. The fourth-order valence-electron chi connectivity index (χ4n) is 2.27. The number of carbonyl (C=O) groups is 2. The Morgan fingerprint density at radius 1 is 1.27 bits per heavy atom. The van der Waals surface area contributed by atoms with E-state index in [0.717, 1.165) is 15.3 Å². The van der Waals surface area contributed by atoms with Gasteiger partial charge in [0.1, 0.15) is 0 Å². The van der Waals surface area contributed by atoms with E-state index in [4.69, 9.17) is 4.74 Å². The average Bonchev–Trinajstić information content (AvgIpc) is 3.21. The maximum Gasteiger partial charge on any atom is 0.311 e. The topological polar surface area (TPSA) is 84.4 Å². The number of benzene rings is 1. The zero-order valence-electron chi connectivity index (χ0n) is 14.4. The summed E-state index contributed by atoms with van der Waals surface area (Å²) in [6, 6.07) is 7.86. The number of thiazole rings is 2. The minimum atomic E-state index is -0.328.